The van der Waals surface area contributed by atoms with E-state index in [0.29, 0.717) is 6.04 Å². The van der Waals surface area contributed by atoms with E-state index < -0.39 is 0 Å². The fourth-order valence-electron chi connectivity index (χ4n) is 1.11. The van der Waals surface area contributed by atoms with Gasteiger partial charge in [0.2, 0.25) is 0 Å². The minimum atomic E-state index is 0.371. The topological polar surface area (TPSA) is 12.0 Å². The average molecular weight is 240 g/mol. The molecular weight excluding hydrogens is 226 g/mol. The molecule has 1 rings (SSSR count). The van der Waals surface area contributed by atoms with Gasteiger partial charge in [-0.15, -0.1) is 24.1 Å². The summed E-state index contributed by atoms with van der Waals surface area (Å²) >= 11 is 7.59. The standard InChI is InChI=1S/C12H14ClNS/c1-3-4-11(14-2)9-15-12-7-5-10(13)6-8-12/h1,5-8,11,14H,4,9H2,2H3. The summed E-state index contributed by atoms with van der Waals surface area (Å²) in [6.45, 7) is 0. The highest BCUT2D eigenvalue weighted by atomic mass is 35.5. The molecule has 1 aromatic rings. The van der Waals surface area contributed by atoms with Gasteiger partial charge in [-0.05, 0) is 31.3 Å². The molecule has 15 heavy (non-hydrogen) atoms. The van der Waals surface area contributed by atoms with Crippen LogP contribution in [0, 0.1) is 12.3 Å². The summed E-state index contributed by atoms with van der Waals surface area (Å²) < 4.78 is 0. The first-order chi connectivity index (χ1) is 7.26. The Morgan fingerprint density at radius 2 is 2.13 bits per heavy atom. The van der Waals surface area contributed by atoms with Crippen LogP contribution in [-0.2, 0) is 0 Å². The third-order valence-corrected chi connectivity index (χ3v) is 3.46. The third-order valence-electron chi connectivity index (χ3n) is 2.04. The summed E-state index contributed by atoms with van der Waals surface area (Å²) in [7, 11) is 1.93. The van der Waals surface area contributed by atoms with E-state index in [1.165, 1.54) is 4.90 Å². The lowest BCUT2D eigenvalue weighted by atomic mass is 10.2. The molecule has 1 aromatic carbocycles. The summed E-state index contributed by atoms with van der Waals surface area (Å²) in [5.74, 6) is 3.64. The molecule has 1 nitrogen and oxygen atoms in total. The van der Waals surface area contributed by atoms with Crippen molar-refractivity contribution in [2.24, 2.45) is 0 Å². The molecule has 0 saturated carbocycles. The van der Waals surface area contributed by atoms with Gasteiger partial charge in [-0.2, -0.15) is 0 Å². The number of halogens is 1. The van der Waals surface area contributed by atoms with Crippen molar-refractivity contribution in [2.45, 2.75) is 17.4 Å². The van der Waals surface area contributed by atoms with Crippen LogP contribution in [0.25, 0.3) is 0 Å². The van der Waals surface area contributed by atoms with Crippen LogP contribution < -0.4 is 5.32 Å². The molecule has 0 heterocycles. The molecule has 0 amide bonds. The first-order valence-corrected chi connectivity index (χ1v) is 6.11. The van der Waals surface area contributed by atoms with Crippen LogP contribution in [0.15, 0.2) is 29.2 Å². The Bertz CT molecular complexity index is 328. The quantitative estimate of drug-likeness (QED) is 0.626. The van der Waals surface area contributed by atoms with Crippen molar-refractivity contribution >= 4 is 23.4 Å². The number of hydrogen-bond acceptors (Lipinski definition) is 2. The first-order valence-electron chi connectivity index (χ1n) is 4.75. The minimum absolute atomic E-state index is 0.371. The van der Waals surface area contributed by atoms with Crippen molar-refractivity contribution in [3.63, 3.8) is 0 Å². The van der Waals surface area contributed by atoms with Crippen LogP contribution in [0.4, 0.5) is 0 Å². The molecule has 0 aromatic heterocycles. The lowest BCUT2D eigenvalue weighted by Gasteiger charge is -2.12. The van der Waals surface area contributed by atoms with Gasteiger partial charge in [0.1, 0.15) is 0 Å². The van der Waals surface area contributed by atoms with Gasteiger partial charge in [0, 0.05) is 28.1 Å². The smallest absolute Gasteiger partial charge is 0.0406 e. The van der Waals surface area contributed by atoms with Crippen molar-refractivity contribution < 1.29 is 0 Å². The average Bonchev–Trinajstić information content (AvgIpc) is 2.26. The number of nitrogens with one attached hydrogen (secondary N) is 1. The lowest BCUT2D eigenvalue weighted by molar-refractivity contribution is 0.637. The molecule has 0 saturated heterocycles. The van der Waals surface area contributed by atoms with Crippen molar-refractivity contribution in [3.8, 4) is 12.3 Å². The summed E-state index contributed by atoms with van der Waals surface area (Å²) in [5.41, 5.74) is 0. The predicted octanol–water partition coefficient (Wildman–Crippen LogP) is 3.04. The number of benzene rings is 1. The summed E-state index contributed by atoms with van der Waals surface area (Å²) in [5, 5.41) is 3.97. The maximum absolute atomic E-state index is 5.80. The van der Waals surface area contributed by atoms with Crippen LogP contribution in [-0.4, -0.2) is 18.8 Å². The van der Waals surface area contributed by atoms with Crippen LogP contribution >= 0.6 is 23.4 Å². The van der Waals surface area contributed by atoms with Gasteiger partial charge in [0.15, 0.2) is 0 Å². The molecule has 0 spiro atoms. The van der Waals surface area contributed by atoms with E-state index in [1.54, 1.807) is 11.8 Å². The SMILES string of the molecule is C#CCC(CSc1ccc(Cl)cc1)NC. The molecule has 0 bridgehead atoms. The van der Waals surface area contributed by atoms with E-state index in [0.717, 1.165) is 17.2 Å². The molecule has 0 aliphatic heterocycles. The number of hydrogen-bond donors (Lipinski definition) is 1. The van der Waals surface area contributed by atoms with Gasteiger partial charge >= 0.3 is 0 Å². The largest absolute Gasteiger partial charge is 0.315 e. The van der Waals surface area contributed by atoms with Gasteiger partial charge in [0.05, 0.1) is 0 Å². The van der Waals surface area contributed by atoms with E-state index in [1.807, 2.05) is 31.3 Å². The Hall–Kier alpha value is -0.620. The molecule has 3 heteroatoms. The monoisotopic (exact) mass is 239 g/mol. The molecule has 0 radical (unpaired) electrons. The normalized spacial score (nSPS) is 12.1. The Balaban J connectivity index is 2.42. The van der Waals surface area contributed by atoms with Gasteiger partial charge in [-0.25, -0.2) is 0 Å². The van der Waals surface area contributed by atoms with Gasteiger partial charge in [-0.3, -0.25) is 0 Å². The van der Waals surface area contributed by atoms with Gasteiger partial charge in [-0.1, -0.05) is 11.6 Å². The van der Waals surface area contributed by atoms with E-state index in [9.17, 15) is 0 Å². The van der Waals surface area contributed by atoms with Gasteiger partial charge < -0.3 is 5.32 Å². The lowest BCUT2D eigenvalue weighted by Crippen LogP contribution is -2.26. The number of thioether (sulfide) groups is 1. The molecule has 80 valence electrons. The fraction of sp³-hybridized carbons (Fsp3) is 0.333. The molecule has 1 atom stereocenters. The van der Waals surface area contributed by atoms with Crippen molar-refractivity contribution in [3.05, 3.63) is 29.3 Å². The molecule has 1 N–H and O–H groups in total. The Labute approximate surface area is 101 Å². The van der Waals surface area contributed by atoms with Crippen LogP contribution in [0.1, 0.15) is 6.42 Å². The second-order valence-corrected chi connectivity index (χ2v) is 4.69. The first kappa shape index (κ1) is 12.4. The maximum Gasteiger partial charge on any atom is 0.0406 e. The number of terminal acetylenes is 1. The second-order valence-electron chi connectivity index (χ2n) is 3.16. The van der Waals surface area contributed by atoms with Crippen molar-refractivity contribution in [2.75, 3.05) is 12.8 Å². The highest BCUT2D eigenvalue weighted by Crippen LogP contribution is 2.21. The van der Waals surface area contributed by atoms with Crippen molar-refractivity contribution in [1.29, 1.82) is 0 Å². The Morgan fingerprint density at radius 1 is 1.47 bits per heavy atom. The Morgan fingerprint density at radius 3 is 2.67 bits per heavy atom. The summed E-state index contributed by atoms with van der Waals surface area (Å²) in [6, 6.07) is 8.22. The van der Waals surface area contributed by atoms with E-state index >= 15 is 0 Å². The molecule has 0 aliphatic carbocycles. The summed E-state index contributed by atoms with van der Waals surface area (Å²) in [6.07, 6.45) is 6.04. The van der Waals surface area contributed by atoms with Crippen LogP contribution in [0.5, 0.6) is 0 Å². The molecule has 1 unspecified atom stereocenters. The highest BCUT2D eigenvalue weighted by molar-refractivity contribution is 7.99. The second kappa shape index (κ2) is 6.79. The fourth-order valence-corrected chi connectivity index (χ4v) is 2.25. The highest BCUT2D eigenvalue weighted by Gasteiger charge is 2.04. The zero-order valence-electron chi connectivity index (χ0n) is 8.66. The zero-order chi connectivity index (χ0) is 11.1. The van der Waals surface area contributed by atoms with Crippen LogP contribution in [0.2, 0.25) is 5.02 Å². The maximum atomic E-state index is 5.80. The van der Waals surface area contributed by atoms with E-state index in [4.69, 9.17) is 18.0 Å². The Kier molecular flexibility index (Phi) is 5.63. The zero-order valence-corrected chi connectivity index (χ0v) is 10.2. The third kappa shape index (κ3) is 4.61. The van der Waals surface area contributed by atoms with E-state index in [-0.39, 0.29) is 0 Å². The molecule has 0 aliphatic rings. The number of rotatable bonds is 5. The predicted molar refractivity (Wildman–Crippen MR) is 68.5 cm³/mol. The van der Waals surface area contributed by atoms with Crippen LogP contribution in [0.3, 0.4) is 0 Å². The molecular formula is C12H14ClNS. The van der Waals surface area contributed by atoms with Gasteiger partial charge in [0.25, 0.3) is 0 Å². The minimum Gasteiger partial charge on any atom is -0.315 e. The van der Waals surface area contributed by atoms with Crippen molar-refractivity contribution in [1.82, 2.24) is 5.32 Å². The summed E-state index contributed by atoms with van der Waals surface area (Å²) in [4.78, 5) is 1.22. The van der Waals surface area contributed by atoms with E-state index in [2.05, 4.69) is 11.2 Å². The molecule has 0 fully saturated rings.